The summed E-state index contributed by atoms with van der Waals surface area (Å²) in [5, 5.41) is 9.43. The fourth-order valence-corrected chi connectivity index (χ4v) is 1.40. The first-order valence-corrected chi connectivity index (χ1v) is 3.88. The number of hydrogen-bond acceptors (Lipinski definition) is 2. The topological polar surface area (TPSA) is 29.5 Å². The lowest BCUT2D eigenvalue weighted by Gasteiger charge is -2.38. The highest BCUT2D eigenvalue weighted by atomic mass is 16.5. The maximum atomic E-state index is 9.43. The SMILES string of the molecule is C[C@H]1CC[C@H](O)C(C)(C)O1. The van der Waals surface area contributed by atoms with Gasteiger partial charge in [-0.1, -0.05) is 0 Å². The van der Waals surface area contributed by atoms with Crippen molar-refractivity contribution in [1.82, 2.24) is 0 Å². The molecule has 2 heteroatoms. The van der Waals surface area contributed by atoms with Crippen LogP contribution in [0, 0.1) is 0 Å². The highest BCUT2D eigenvalue weighted by molar-refractivity contribution is 4.84. The summed E-state index contributed by atoms with van der Waals surface area (Å²) in [4.78, 5) is 0. The van der Waals surface area contributed by atoms with Crippen LogP contribution in [-0.4, -0.2) is 22.9 Å². The van der Waals surface area contributed by atoms with Gasteiger partial charge in [0.15, 0.2) is 0 Å². The third-order valence-corrected chi connectivity index (χ3v) is 2.15. The molecular weight excluding hydrogens is 128 g/mol. The molecule has 2 nitrogen and oxygen atoms in total. The molecule has 0 unspecified atom stereocenters. The molecule has 1 fully saturated rings. The fraction of sp³-hybridized carbons (Fsp3) is 1.00. The van der Waals surface area contributed by atoms with Crippen molar-refractivity contribution in [3.8, 4) is 0 Å². The Morgan fingerprint density at radius 2 is 2.00 bits per heavy atom. The van der Waals surface area contributed by atoms with Gasteiger partial charge in [-0.2, -0.15) is 0 Å². The van der Waals surface area contributed by atoms with Gasteiger partial charge in [-0.15, -0.1) is 0 Å². The minimum atomic E-state index is -0.336. The Balaban J connectivity index is 2.55. The Labute approximate surface area is 62.2 Å². The number of ether oxygens (including phenoxy) is 1. The van der Waals surface area contributed by atoms with E-state index in [1.165, 1.54) is 0 Å². The largest absolute Gasteiger partial charge is 0.390 e. The van der Waals surface area contributed by atoms with E-state index in [4.69, 9.17) is 4.74 Å². The summed E-state index contributed by atoms with van der Waals surface area (Å²) in [6.45, 7) is 5.92. The summed E-state index contributed by atoms with van der Waals surface area (Å²) in [6, 6.07) is 0. The van der Waals surface area contributed by atoms with Crippen LogP contribution in [0.25, 0.3) is 0 Å². The summed E-state index contributed by atoms with van der Waals surface area (Å²) >= 11 is 0. The summed E-state index contributed by atoms with van der Waals surface area (Å²) in [5.74, 6) is 0. The van der Waals surface area contributed by atoms with Crippen LogP contribution in [0.4, 0.5) is 0 Å². The predicted octanol–water partition coefficient (Wildman–Crippen LogP) is 1.32. The lowest BCUT2D eigenvalue weighted by atomic mass is 9.92. The molecule has 1 N–H and O–H groups in total. The van der Waals surface area contributed by atoms with Gasteiger partial charge in [-0.25, -0.2) is 0 Å². The van der Waals surface area contributed by atoms with E-state index >= 15 is 0 Å². The smallest absolute Gasteiger partial charge is 0.0887 e. The molecular formula is C8H16O2. The normalized spacial score (nSPS) is 39.6. The first-order valence-electron chi connectivity index (χ1n) is 3.88. The van der Waals surface area contributed by atoms with E-state index in [0.29, 0.717) is 6.10 Å². The molecule has 0 amide bonds. The number of rotatable bonds is 0. The van der Waals surface area contributed by atoms with Crippen molar-refractivity contribution in [2.45, 2.75) is 51.4 Å². The second-order valence-electron chi connectivity index (χ2n) is 3.63. The Hall–Kier alpha value is -0.0800. The second-order valence-corrected chi connectivity index (χ2v) is 3.63. The van der Waals surface area contributed by atoms with Gasteiger partial charge in [0.25, 0.3) is 0 Å². The lowest BCUT2D eigenvalue weighted by molar-refractivity contribution is -0.164. The zero-order valence-electron chi connectivity index (χ0n) is 6.92. The standard InChI is InChI=1S/C8H16O2/c1-6-4-5-7(9)8(2,3)10-6/h6-7,9H,4-5H2,1-3H3/t6-,7-/m0/s1. The summed E-state index contributed by atoms with van der Waals surface area (Å²) in [5.41, 5.74) is -0.336. The molecule has 0 saturated carbocycles. The van der Waals surface area contributed by atoms with Gasteiger partial charge in [-0.3, -0.25) is 0 Å². The van der Waals surface area contributed by atoms with Gasteiger partial charge in [-0.05, 0) is 33.6 Å². The molecule has 1 rings (SSSR count). The number of aliphatic hydroxyl groups is 1. The average Bonchev–Trinajstić information content (AvgIpc) is 1.78. The van der Waals surface area contributed by atoms with Gasteiger partial charge < -0.3 is 9.84 Å². The third-order valence-electron chi connectivity index (χ3n) is 2.15. The second kappa shape index (κ2) is 2.51. The molecule has 0 radical (unpaired) electrons. The molecule has 0 bridgehead atoms. The Morgan fingerprint density at radius 3 is 2.40 bits per heavy atom. The molecule has 1 aliphatic rings. The molecule has 1 heterocycles. The maximum absolute atomic E-state index is 9.43. The summed E-state index contributed by atoms with van der Waals surface area (Å²) < 4.78 is 5.54. The van der Waals surface area contributed by atoms with Crippen molar-refractivity contribution in [2.75, 3.05) is 0 Å². The van der Waals surface area contributed by atoms with Gasteiger partial charge in [0.05, 0.1) is 17.8 Å². The van der Waals surface area contributed by atoms with Crippen molar-refractivity contribution >= 4 is 0 Å². The molecule has 0 aromatic rings. The molecule has 0 aliphatic carbocycles. The van der Waals surface area contributed by atoms with Crippen molar-refractivity contribution in [3.63, 3.8) is 0 Å². The molecule has 0 aromatic carbocycles. The first-order chi connectivity index (χ1) is 4.52. The van der Waals surface area contributed by atoms with Gasteiger partial charge >= 0.3 is 0 Å². The zero-order valence-corrected chi connectivity index (χ0v) is 6.92. The van der Waals surface area contributed by atoms with Gasteiger partial charge in [0, 0.05) is 0 Å². The summed E-state index contributed by atoms with van der Waals surface area (Å²) in [7, 11) is 0. The van der Waals surface area contributed by atoms with E-state index in [1.54, 1.807) is 0 Å². The predicted molar refractivity (Wildman–Crippen MR) is 39.9 cm³/mol. The van der Waals surface area contributed by atoms with Gasteiger partial charge in [0.2, 0.25) is 0 Å². The van der Waals surface area contributed by atoms with E-state index in [-0.39, 0.29) is 11.7 Å². The Morgan fingerprint density at radius 1 is 1.40 bits per heavy atom. The van der Waals surface area contributed by atoms with Gasteiger partial charge in [0.1, 0.15) is 0 Å². The minimum Gasteiger partial charge on any atom is -0.390 e. The van der Waals surface area contributed by atoms with E-state index in [9.17, 15) is 5.11 Å². The first kappa shape index (κ1) is 8.02. The highest BCUT2D eigenvalue weighted by Gasteiger charge is 2.34. The number of aliphatic hydroxyl groups excluding tert-OH is 1. The van der Waals surface area contributed by atoms with Crippen LogP contribution in [0.5, 0.6) is 0 Å². The average molecular weight is 144 g/mol. The Kier molecular flexibility index (Phi) is 2.02. The van der Waals surface area contributed by atoms with Crippen molar-refractivity contribution in [1.29, 1.82) is 0 Å². The van der Waals surface area contributed by atoms with Crippen molar-refractivity contribution in [3.05, 3.63) is 0 Å². The molecule has 1 aliphatic heterocycles. The van der Waals surface area contributed by atoms with Crippen LogP contribution < -0.4 is 0 Å². The van der Waals surface area contributed by atoms with E-state index in [1.807, 2.05) is 20.8 Å². The monoisotopic (exact) mass is 144 g/mol. The van der Waals surface area contributed by atoms with E-state index in [2.05, 4.69) is 0 Å². The van der Waals surface area contributed by atoms with Crippen LogP contribution in [0.2, 0.25) is 0 Å². The lowest BCUT2D eigenvalue weighted by Crippen LogP contribution is -2.45. The molecule has 1 saturated heterocycles. The molecule has 2 atom stereocenters. The fourth-order valence-electron chi connectivity index (χ4n) is 1.40. The minimum absolute atomic E-state index is 0.288. The quantitative estimate of drug-likeness (QED) is 0.555. The van der Waals surface area contributed by atoms with E-state index in [0.717, 1.165) is 12.8 Å². The molecule has 0 spiro atoms. The highest BCUT2D eigenvalue weighted by Crippen LogP contribution is 2.27. The van der Waals surface area contributed by atoms with Crippen LogP contribution in [0.1, 0.15) is 33.6 Å². The van der Waals surface area contributed by atoms with Crippen LogP contribution in [0.3, 0.4) is 0 Å². The zero-order chi connectivity index (χ0) is 7.78. The van der Waals surface area contributed by atoms with Crippen LogP contribution >= 0.6 is 0 Å². The molecule has 10 heavy (non-hydrogen) atoms. The molecule has 60 valence electrons. The Bertz CT molecular complexity index is 120. The van der Waals surface area contributed by atoms with Crippen molar-refractivity contribution in [2.24, 2.45) is 0 Å². The van der Waals surface area contributed by atoms with Crippen LogP contribution in [-0.2, 0) is 4.74 Å². The third kappa shape index (κ3) is 1.50. The number of hydrogen-bond donors (Lipinski definition) is 1. The van der Waals surface area contributed by atoms with Crippen molar-refractivity contribution < 1.29 is 9.84 Å². The summed E-state index contributed by atoms with van der Waals surface area (Å²) in [6.07, 6.45) is 1.86. The van der Waals surface area contributed by atoms with Crippen LogP contribution in [0.15, 0.2) is 0 Å². The molecule has 0 aromatic heterocycles. The van der Waals surface area contributed by atoms with E-state index < -0.39 is 0 Å². The maximum Gasteiger partial charge on any atom is 0.0887 e.